The molecule has 1 atom stereocenters. The molecule has 1 saturated heterocycles. The molecule has 0 aromatic rings. The Bertz CT molecular complexity index is 275. The normalized spacial score (nSPS) is 27.6. The number of halogens is 1. The lowest BCUT2D eigenvalue weighted by atomic mass is 9.98. The van der Waals surface area contributed by atoms with Gasteiger partial charge >= 0.3 is 0 Å². The van der Waals surface area contributed by atoms with Gasteiger partial charge in [0, 0.05) is 5.70 Å². The molecule has 3 heteroatoms. The summed E-state index contributed by atoms with van der Waals surface area (Å²) in [6.07, 6.45) is 3.95. The van der Waals surface area contributed by atoms with Crippen LogP contribution in [0, 0.1) is 5.92 Å². The number of nitrogens with one attached hydrogen (secondary N) is 2. The summed E-state index contributed by atoms with van der Waals surface area (Å²) < 4.78 is 12.9. The summed E-state index contributed by atoms with van der Waals surface area (Å²) in [6, 6.07) is 0. The number of hydrogen-bond donors (Lipinski definition) is 2. The zero-order valence-corrected chi connectivity index (χ0v) is 8.57. The monoisotopic (exact) mass is 196 g/mol. The van der Waals surface area contributed by atoms with Crippen molar-refractivity contribution in [3.8, 4) is 0 Å². The Hall–Kier alpha value is -0.830. The second-order valence-electron chi connectivity index (χ2n) is 4.17. The Morgan fingerprint density at radius 1 is 1.57 bits per heavy atom. The van der Waals surface area contributed by atoms with E-state index in [4.69, 9.17) is 0 Å². The lowest BCUT2D eigenvalue weighted by Crippen LogP contribution is -2.23. The van der Waals surface area contributed by atoms with Crippen LogP contribution in [0.1, 0.15) is 19.8 Å². The second kappa shape index (κ2) is 4.13. The van der Waals surface area contributed by atoms with Crippen molar-refractivity contribution in [3.63, 3.8) is 0 Å². The third-order valence-corrected chi connectivity index (χ3v) is 2.97. The first-order valence-corrected chi connectivity index (χ1v) is 5.26. The van der Waals surface area contributed by atoms with Gasteiger partial charge in [0.05, 0.1) is 6.54 Å². The van der Waals surface area contributed by atoms with Crippen LogP contribution in [0.3, 0.4) is 0 Å². The highest BCUT2D eigenvalue weighted by molar-refractivity contribution is 5.29. The highest BCUT2D eigenvalue weighted by atomic mass is 19.1. The molecule has 2 rings (SSSR count). The standard InChI is InChI=1S/C11H17FN2/c1-8-4-10(12)7-14-11(8)5-9-2-3-13-6-9/h4,9,13-14H,2-3,5-7H2,1H3. The molecule has 2 aliphatic heterocycles. The third kappa shape index (κ3) is 2.15. The fraction of sp³-hybridized carbons (Fsp3) is 0.636. The Morgan fingerprint density at radius 2 is 2.43 bits per heavy atom. The van der Waals surface area contributed by atoms with Gasteiger partial charge in [-0.25, -0.2) is 4.39 Å². The van der Waals surface area contributed by atoms with Gasteiger partial charge in [0.1, 0.15) is 5.83 Å². The van der Waals surface area contributed by atoms with Crippen molar-refractivity contribution in [1.82, 2.24) is 10.6 Å². The van der Waals surface area contributed by atoms with E-state index in [1.54, 1.807) is 6.08 Å². The van der Waals surface area contributed by atoms with E-state index in [-0.39, 0.29) is 5.83 Å². The maximum Gasteiger partial charge on any atom is 0.119 e. The van der Waals surface area contributed by atoms with E-state index in [2.05, 4.69) is 10.6 Å². The topological polar surface area (TPSA) is 24.1 Å². The van der Waals surface area contributed by atoms with Gasteiger partial charge in [-0.2, -0.15) is 0 Å². The molecular weight excluding hydrogens is 179 g/mol. The maximum absolute atomic E-state index is 12.9. The van der Waals surface area contributed by atoms with E-state index in [9.17, 15) is 4.39 Å². The molecule has 1 fully saturated rings. The van der Waals surface area contributed by atoms with Gasteiger partial charge < -0.3 is 10.6 Å². The van der Waals surface area contributed by atoms with Crippen molar-refractivity contribution in [2.45, 2.75) is 19.8 Å². The van der Waals surface area contributed by atoms with Gasteiger partial charge in [0.2, 0.25) is 0 Å². The minimum absolute atomic E-state index is 0.0594. The summed E-state index contributed by atoms with van der Waals surface area (Å²) >= 11 is 0. The second-order valence-corrected chi connectivity index (χ2v) is 4.17. The molecular formula is C11H17FN2. The Labute approximate surface area is 84.3 Å². The first-order valence-electron chi connectivity index (χ1n) is 5.26. The van der Waals surface area contributed by atoms with Gasteiger partial charge in [-0.05, 0) is 50.4 Å². The molecule has 2 aliphatic rings. The van der Waals surface area contributed by atoms with Crippen LogP contribution in [0.2, 0.25) is 0 Å². The van der Waals surface area contributed by atoms with Gasteiger partial charge in [-0.15, -0.1) is 0 Å². The van der Waals surface area contributed by atoms with Gasteiger partial charge in [-0.1, -0.05) is 0 Å². The van der Waals surface area contributed by atoms with Crippen LogP contribution in [0.25, 0.3) is 0 Å². The average Bonchev–Trinajstić information content (AvgIpc) is 2.62. The molecule has 2 N–H and O–H groups in total. The fourth-order valence-corrected chi connectivity index (χ4v) is 2.11. The van der Waals surface area contributed by atoms with E-state index in [1.807, 2.05) is 6.92 Å². The highest BCUT2D eigenvalue weighted by Gasteiger charge is 2.18. The zero-order chi connectivity index (χ0) is 9.97. The van der Waals surface area contributed by atoms with Crippen molar-refractivity contribution in [1.29, 1.82) is 0 Å². The van der Waals surface area contributed by atoms with Crippen molar-refractivity contribution >= 4 is 0 Å². The molecule has 0 aromatic heterocycles. The number of hydrogen-bond acceptors (Lipinski definition) is 2. The summed E-state index contributed by atoms with van der Waals surface area (Å²) in [5.41, 5.74) is 2.28. The van der Waals surface area contributed by atoms with Crippen molar-refractivity contribution in [2.24, 2.45) is 5.92 Å². The lowest BCUT2D eigenvalue weighted by molar-refractivity contribution is 0.525. The summed E-state index contributed by atoms with van der Waals surface area (Å²) in [4.78, 5) is 0. The highest BCUT2D eigenvalue weighted by Crippen LogP contribution is 2.22. The summed E-state index contributed by atoms with van der Waals surface area (Å²) in [5, 5.41) is 6.50. The first-order chi connectivity index (χ1) is 6.75. The SMILES string of the molecule is CC1=C(CC2CCNC2)NCC(F)=C1. The van der Waals surface area contributed by atoms with Crippen LogP contribution in [0.5, 0.6) is 0 Å². The molecule has 0 aliphatic carbocycles. The molecule has 0 spiro atoms. The molecule has 0 amide bonds. The van der Waals surface area contributed by atoms with Crippen molar-refractivity contribution in [2.75, 3.05) is 19.6 Å². The smallest absolute Gasteiger partial charge is 0.119 e. The van der Waals surface area contributed by atoms with E-state index in [0.29, 0.717) is 6.54 Å². The third-order valence-electron chi connectivity index (χ3n) is 2.97. The number of allylic oxidation sites excluding steroid dienone is 3. The first kappa shape index (κ1) is 9.71. The largest absolute Gasteiger partial charge is 0.382 e. The van der Waals surface area contributed by atoms with Gasteiger partial charge in [-0.3, -0.25) is 0 Å². The summed E-state index contributed by atoms with van der Waals surface area (Å²) in [7, 11) is 0. The van der Waals surface area contributed by atoms with Crippen molar-refractivity contribution in [3.05, 3.63) is 23.2 Å². The maximum atomic E-state index is 12.9. The van der Waals surface area contributed by atoms with Crippen molar-refractivity contribution < 1.29 is 4.39 Å². The molecule has 0 saturated carbocycles. The van der Waals surface area contributed by atoms with E-state index >= 15 is 0 Å². The predicted octanol–water partition coefficient (Wildman–Crippen LogP) is 1.72. The fourth-order valence-electron chi connectivity index (χ4n) is 2.11. The van der Waals surface area contributed by atoms with E-state index in [1.165, 1.54) is 12.1 Å². The summed E-state index contributed by atoms with van der Waals surface area (Å²) in [6.45, 7) is 4.57. The summed E-state index contributed by atoms with van der Waals surface area (Å²) in [5.74, 6) is 0.665. The van der Waals surface area contributed by atoms with Crippen LogP contribution in [-0.4, -0.2) is 19.6 Å². The van der Waals surface area contributed by atoms with Gasteiger partial charge in [0.25, 0.3) is 0 Å². The average molecular weight is 196 g/mol. The molecule has 0 radical (unpaired) electrons. The molecule has 14 heavy (non-hydrogen) atoms. The van der Waals surface area contributed by atoms with Gasteiger partial charge in [0.15, 0.2) is 0 Å². The van der Waals surface area contributed by atoms with Crippen LogP contribution >= 0.6 is 0 Å². The quantitative estimate of drug-likeness (QED) is 0.702. The molecule has 78 valence electrons. The zero-order valence-electron chi connectivity index (χ0n) is 8.57. The lowest BCUT2D eigenvalue weighted by Gasteiger charge is -2.19. The Morgan fingerprint density at radius 3 is 3.07 bits per heavy atom. The van der Waals surface area contributed by atoms with E-state index < -0.39 is 0 Å². The Balaban J connectivity index is 1.99. The number of dihydropyridines is 1. The molecule has 0 bridgehead atoms. The predicted molar refractivity (Wildman–Crippen MR) is 55.5 cm³/mol. The molecule has 1 unspecified atom stereocenters. The van der Waals surface area contributed by atoms with Crippen LogP contribution in [0.4, 0.5) is 4.39 Å². The Kier molecular flexibility index (Phi) is 2.87. The minimum atomic E-state index is -0.0594. The van der Waals surface area contributed by atoms with Crippen LogP contribution in [0.15, 0.2) is 23.2 Å². The van der Waals surface area contributed by atoms with E-state index in [0.717, 1.165) is 31.0 Å². The van der Waals surface area contributed by atoms with Crippen LogP contribution in [-0.2, 0) is 0 Å². The van der Waals surface area contributed by atoms with Crippen LogP contribution < -0.4 is 10.6 Å². The molecule has 2 nitrogen and oxygen atoms in total. The number of rotatable bonds is 2. The molecule has 0 aromatic carbocycles. The molecule has 2 heterocycles. The minimum Gasteiger partial charge on any atom is -0.382 e.